The number of aromatic nitrogens is 2. The summed E-state index contributed by atoms with van der Waals surface area (Å²) in [4.78, 5) is 4.18. The third-order valence-corrected chi connectivity index (χ3v) is 2.59. The summed E-state index contributed by atoms with van der Waals surface area (Å²) in [6, 6.07) is 7.61. The molecule has 1 heterocycles. The van der Waals surface area contributed by atoms with E-state index in [0.29, 0.717) is 11.7 Å². The van der Waals surface area contributed by atoms with Crippen molar-refractivity contribution in [1.29, 1.82) is 0 Å². The first-order valence-electron chi connectivity index (χ1n) is 5.99. The highest BCUT2D eigenvalue weighted by Crippen LogP contribution is 2.23. The molecule has 0 radical (unpaired) electrons. The quantitative estimate of drug-likeness (QED) is 0.877. The number of ether oxygens (including phenoxy) is 1. The third kappa shape index (κ3) is 2.87. The van der Waals surface area contributed by atoms with Gasteiger partial charge in [0, 0.05) is 18.0 Å². The molecule has 0 amide bonds. The molecule has 0 aliphatic rings. The lowest BCUT2D eigenvalue weighted by Gasteiger charge is -2.12. The first kappa shape index (κ1) is 12.6. The van der Waals surface area contributed by atoms with Gasteiger partial charge >= 0.3 is 0 Å². The van der Waals surface area contributed by atoms with Crippen molar-refractivity contribution in [3.8, 4) is 5.75 Å². The van der Waals surface area contributed by atoms with Crippen LogP contribution >= 0.6 is 0 Å². The fourth-order valence-electron chi connectivity index (χ4n) is 1.62. The van der Waals surface area contributed by atoms with Crippen LogP contribution in [0, 0.1) is 0 Å². The van der Waals surface area contributed by atoms with E-state index in [1.54, 1.807) is 0 Å². The Morgan fingerprint density at radius 1 is 1.39 bits per heavy atom. The SMILES string of the molecule is CCc1noc(COc2ccccc2[C@H](C)N)n1. The molecule has 2 aromatic rings. The lowest BCUT2D eigenvalue weighted by molar-refractivity contribution is 0.240. The highest BCUT2D eigenvalue weighted by atomic mass is 16.5. The fourth-order valence-corrected chi connectivity index (χ4v) is 1.62. The molecule has 0 fully saturated rings. The van der Waals surface area contributed by atoms with Crippen molar-refractivity contribution in [2.75, 3.05) is 0 Å². The minimum atomic E-state index is -0.0740. The summed E-state index contributed by atoms with van der Waals surface area (Å²) >= 11 is 0. The van der Waals surface area contributed by atoms with E-state index >= 15 is 0 Å². The van der Waals surface area contributed by atoms with Gasteiger partial charge in [0.25, 0.3) is 5.89 Å². The van der Waals surface area contributed by atoms with Crippen LogP contribution in [0.3, 0.4) is 0 Å². The maximum Gasteiger partial charge on any atom is 0.264 e. The van der Waals surface area contributed by atoms with Gasteiger partial charge in [-0.3, -0.25) is 0 Å². The lowest BCUT2D eigenvalue weighted by Crippen LogP contribution is -2.08. The van der Waals surface area contributed by atoms with Gasteiger partial charge in [-0.2, -0.15) is 4.98 Å². The van der Waals surface area contributed by atoms with Crippen molar-refractivity contribution in [3.63, 3.8) is 0 Å². The van der Waals surface area contributed by atoms with Gasteiger partial charge in [-0.1, -0.05) is 30.3 Å². The lowest BCUT2D eigenvalue weighted by atomic mass is 10.1. The van der Waals surface area contributed by atoms with Crippen molar-refractivity contribution in [1.82, 2.24) is 10.1 Å². The summed E-state index contributed by atoms with van der Waals surface area (Å²) in [6.07, 6.45) is 0.750. The number of para-hydroxylation sites is 1. The molecule has 1 aromatic heterocycles. The van der Waals surface area contributed by atoms with E-state index in [2.05, 4.69) is 10.1 Å². The number of hydrogen-bond donors (Lipinski definition) is 1. The number of rotatable bonds is 5. The maximum atomic E-state index is 5.88. The zero-order valence-electron chi connectivity index (χ0n) is 10.6. The Balaban J connectivity index is 2.05. The molecular formula is C13H17N3O2. The summed E-state index contributed by atoms with van der Waals surface area (Å²) in [6.45, 7) is 4.15. The largest absolute Gasteiger partial charge is 0.483 e. The van der Waals surface area contributed by atoms with Crippen molar-refractivity contribution >= 4 is 0 Å². The van der Waals surface area contributed by atoms with Crippen LogP contribution in [0.1, 0.15) is 37.2 Å². The van der Waals surface area contributed by atoms with Gasteiger partial charge in [0.1, 0.15) is 5.75 Å². The Morgan fingerprint density at radius 2 is 2.17 bits per heavy atom. The van der Waals surface area contributed by atoms with Crippen LogP contribution in [0.5, 0.6) is 5.75 Å². The monoisotopic (exact) mass is 247 g/mol. The van der Waals surface area contributed by atoms with Gasteiger partial charge in [0.05, 0.1) is 0 Å². The first-order chi connectivity index (χ1) is 8.70. The van der Waals surface area contributed by atoms with Crippen molar-refractivity contribution in [2.45, 2.75) is 32.9 Å². The predicted octanol–water partition coefficient (Wildman–Crippen LogP) is 2.23. The normalized spacial score (nSPS) is 12.4. The number of benzene rings is 1. The van der Waals surface area contributed by atoms with Gasteiger partial charge < -0.3 is 15.0 Å². The summed E-state index contributed by atoms with van der Waals surface area (Å²) in [7, 11) is 0. The molecule has 2 N–H and O–H groups in total. The van der Waals surface area contributed by atoms with Crippen LogP contribution < -0.4 is 10.5 Å². The molecule has 5 nitrogen and oxygen atoms in total. The molecule has 0 unspecified atom stereocenters. The second-order valence-electron chi connectivity index (χ2n) is 4.07. The molecule has 5 heteroatoms. The molecule has 0 aliphatic carbocycles. The van der Waals surface area contributed by atoms with Crippen LogP contribution in [-0.4, -0.2) is 10.1 Å². The van der Waals surface area contributed by atoms with Gasteiger partial charge in [0.2, 0.25) is 0 Å². The third-order valence-electron chi connectivity index (χ3n) is 2.59. The van der Waals surface area contributed by atoms with E-state index in [0.717, 1.165) is 17.7 Å². The second kappa shape index (κ2) is 5.64. The molecule has 0 saturated carbocycles. The molecule has 1 aromatic carbocycles. The van der Waals surface area contributed by atoms with Crippen LogP contribution in [-0.2, 0) is 13.0 Å². The number of hydrogen-bond acceptors (Lipinski definition) is 5. The van der Waals surface area contributed by atoms with Crippen molar-refractivity contribution in [3.05, 3.63) is 41.5 Å². The van der Waals surface area contributed by atoms with E-state index in [1.807, 2.05) is 38.1 Å². The van der Waals surface area contributed by atoms with Crippen molar-refractivity contribution in [2.24, 2.45) is 5.73 Å². The Labute approximate surface area is 106 Å². The number of aryl methyl sites for hydroxylation is 1. The topological polar surface area (TPSA) is 74.2 Å². The molecular weight excluding hydrogens is 230 g/mol. The van der Waals surface area contributed by atoms with Gasteiger partial charge in [-0.05, 0) is 13.0 Å². The minimum absolute atomic E-state index is 0.0740. The summed E-state index contributed by atoms with van der Waals surface area (Å²) in [5, 5.41) is 3.81. The highest BCUT2D eigenvalue weighted by Gasteiger charge is 2.09. The van der Waals surface area contributed by atoms with E-state index in [-0.39, 0.29) is 12.6 Å². The molecule has 1 atom stereocenters. The molecule has 18 heavy (non-hydrogen) atoms. The van der Waals surface area contributed by atoms with Gasteiger partial charge in [0.15, 0.2) is 12.4 Å². The second-order valence-corrected chi connectivity index (χ2v) is 4.07. The molecule has 0 bridgehead atoms. The van der Waals surface area contributed by atoms with Crippen LogP contribution in [0.15, 0.2) is 28.8 Å². The summed E-state index contributed by atoms with van der Waals surface area (Å²) in [5.74, 6) is 1.92. The minimum Gasteiger partial charge on any atom is -0.483 e. The molecule has 0 spiro atoms. The number of nitrogens with zero attached hydrogens (tertiary/aromatic N) is 2. The van der Waals surface area contributed by atoms with Gasteiger partial charge in [-0.25, -0.2) is 0 Å². The smallest absolute Gasteiger partial charge is 0.264 e. The van der Waals surface area contributed by atoms with Crippen LogP contribution in [0.2, 0.25) is 0 Å². The fraction of sp³-hybridized carbons (Fsp3) is 0.385. The summed E-state index contributed by atoms with van der Waals surface area (Å²) in [5.41, 5.74) is 6.84. The Kier molecular flexibility index (Phi) is 3.94. The maximum absolute atomic E-state index is 5.88. The van der Waals surface area contributed by atoms with E-state index in [4.69, 9.17) is 15.0 Å². The van der Waals surface area contributed by atoms with Crippen LogP contribution in [0.4, 0.5) is 0 Å². The van der Waals surface area contributed by atoms with Gasteiger partial charge in [-0.15, -0.1) is 0 Å². The summed E-state index contributed by atoms with van der Waals surface area (Å²) < 4.78 is 10.7. The average molecular weight is 247 g/mol. The number of nitrogens with two attached hydrogens (primary N) is 1. The Bertz CT molecular complexity index is 508. The molecule has 0 aliphatic heterocycles. The molecule has 96 valence electrons. The van der Waals surface area contributed by atoms with Crippen molar-refractivity contribution < 1.29 is 9.26 Å². The standard InChI is InChI=1S/C13H17N3O2/c1-3-12-15-13(18-16-12)8-17-11-7-5-4-6-10(11)9(2)14/h4-7,9H,3,8,14H2,1-2H3/t9-/m0/s1. The van der Waals surface area contributed by atoms with Crippen LogP contribution in [0.25, 0.3) is 0 Å². The van der Waals surface area contributed by atoms with E-state index in [9.17, 15) is 0 Å². The first-order valence-corrected chi connectivity index (χ1v) is 5.99. The predicted molar refractivity (Wildman–Crippen MR) is 67.1 cm³/mol. The van der Waals surface area contributed by atoms with E-state index in [1.165, 1.54) is 0 Å². The highest BCUT2D eigenvalue weighted by molar-refractivity contribution is 5.35. The molecule has 2 rings (SSSR count). The zero-order chi connectivity index (χ0) is 13.0. The molecule has 0 saturated heterocycles. The Morgan fingerprint density at radius 3 is 2.83 bits per heavy atom. The average Bonchev–Trinajstić information content (AvgIpc) is 2.84. The van der Waals surface area contributed by atoms with E-state index < -0.39 is 0 Å². The Hall–Kier alpha value is -1.88. The zero-order valence-corrected chi connectivity index (χ0v) is 10.6.